The first kappa shape index (κ1) is 22.3. The van der Waals surface area contributed by atoms with Crippen LogP contribution in [0.1, 0.15) is 28.7 Å². The van der Waals surface area contributed by atoms with E-state index in [2.05, 4.69) is 20.6 Å². The molecule has 4 aromatic rings. The summed E-state index contributed by atoms with van der Waals surface area (Å²) in [6.07, 6.45) is -4.64. The summed E-state index contributed by atoms with van der Waals surface area (Å²) in [4.78, 5) is 16.6. The molecule has 1 N–H and O–H groups in total. The average molecular weight is 473 g/mol. The lowest BCUT2D eigenvalue weighted by Gasteiger charge is -2.04. The average Bonchev–Trinajstić information content (AvgIpc) is 3.46. The summed E-state index contributed by atoms with van der Waals surface area (Å²) >= 11 is 0.967. The van der Waals surface area contributed by atoms with Gasteiger partial charge in [-0.1, -0.05) is 42.5 Å². The van der Waals surface area contributed by atoms with Crippen LogP contribution < -0.4 is 5.43 Å². The normalized spacial score (nSPS) is 12.1. The lowest BCUT2D eigenvalue weighted by Crippen LogP contribution is -2.20. The van der Waals surface area contributed by atoms with E-state index in [1.807, 2.05) is 0 Å². The predicted octanol–water partition coefficient (Wildman–Crippen LogP) is 5.31. The Balaban J connectivity index is 1.60. The molecule has 4 rings (SSSR count). The standard InChI is InChI=1S/C22H15F4N5OS/c1-13(14-7-9-16(23)10-8-14)28-29-20(32)17-12-33-21(27-17)31-18(15-5-3-2-4-6-15)11-19(30-31)22(24,25)26/h2-12H,1H3,(H,29,32)/b28-13+. The topological polar surface area (TPSA) is 72.2 Å². The van der Waals surface area contributed by atoms with Crippen molar-refractivity contribution in [3.8, 4) is 16.4 Å². The van der Waals surface area contributed by atoms with Crippen LogP contribution in [0, 0.1) is 5.82 Å². The van der Waals surface area contributed by atoms with E-state index >= 15 is 0 Å². The van der Waals surface area contributed by atoms with Gasteiger partial charge in [-0.2, -0.15) is 23.4 Å². The summed E-state index contributed by atoms with van der Waals surface area (Å²) < 4.78 is 54.0. The number of nitrogens with one attached hydrogen (secondary N) is 1. The lowest BCUT2D eigenvalue weighted by atomic mass is 10.1. The van der Waals surface area contributed by atoms with Crippen molar-refractivity contribution in [2.24, 2.45) is 5.10 Å². The van der Waals surface area contributed by atoms with Gasteiger partial charge in [0, 0.05) is 10.9 Å². The minimum absolute atomic E-state index is 0.0336. The van der Waals surface area contributed by atoms with Crippen molar-refractivity contribution < 1.29 is 22.4 Å². The van der Waals surface area contributed by atoms with E-state index in [0.717, 1.165) is 22.1 Å². The van der Waals surface area contributed by atoms with Gasteiger partial charge in [0.1, 0.15) is 11.5 Å². The van der Waals surface area contributed by atoms with Crippen LogP contribution >= 0.6 is 11.3 Å². The highest BCUT2D eigenvalue weighted by atomic mass is 32.1. The van der Waals surface area contributed by atoms with Crippen LogP contribution in [-0.4, -0.2) is 26.4 Å². The zero-order valence-corrected chi connectivity index (χ0v) is 17.8. The number of amides is 1. The quantitative estimate of drug-likeness (QED) is 0.243. The number of carbonyl (C=O) groups excluding carboxylic acids is 1. The molecule has 2 aromatic carbocycles. The van der Waals surface area contributed by atoms with Gasteiger partial charge in [0.2, 0.25) is 5.13 Å². The summed E-state index contributed by atoms with van der Waals surface area (Å²) in [5.41, 5.74) is 2.99. The van der Waals surface area contributed by atoms with Crippen molar-refractivity contribution in [1.29, 1.82) is 0 Å². The number of alkyl halides is 3. The molecule has 0 bridgehead atoms. The number of hydrogen-bond donors (Lipinski definition) is 1. The van der Waals surface area contributed by atoms with Gasteiger partial charge in [0.25, 0.3) is 5.91 Å². The fraction of sp³-hybridized carbons (Fsp3) is 0.0909. The Bertz CT molecular complexity index is 1310. The molecule has 6 nitrogen and oxygen atoms in total. The minimum atomic E-state index is -4.64. The van der Waals surface area contributed by atoms with Gasteiger partial charge in [-0.25, -0.2) is 19.5 Å². The molecule has 168 valence electrons. The molecule has 1 amide bonds. The monoisotopic (exact) mass is 473 g/mol. The number of hydrogen-bond acceptors (Lipinski definition) is 5. The van der Waals surface area contributed by atoms with Crippen molar-refractivity contribution in [1.82, 2.24) is 20.2 Å². The molecule has 11 heteroatoms. The molecular weight excluding hydrogens is 458 g/mol. The highest BCUT2D eigenvalue weighted by molar-refractivity contribution is 7.12. The number of benzene rings is 2. The number of rotatable bonds is 5. The van der Waals surface area contributed by atoms with Gasteiger partial charge < -0.3 is 0 Å². The van der Waals surface area contributed by atoms with E-state index in [1.165, 1.54) is 29.6 Å². The molecule has 0 saturated heterocycles. The van der Waals surface area contributed by atoms with Crippen molar-refractivity contribution in [2.75, 3.05) is 0 Å². The van der Waals surface area contributed by atoms with Gasteiger partial charge in [-0.3, -0.25) is 4.79 Å². The van der Waals surface area contributed by atoms with Gasteiger partial charge in [0.15, 0.2) is 5.69 Å². The molecule has 0 radical (unpaired) electrons. The number of carbonyl (C=O) groups is 1. The van der Waals surface area contributed by atoms with Gasteiger partial charge in [-0.05, 0) is 30.7 Å². The lowest BCUT2D eigenvalue weighted by molar-refractivity contribution is -0.141. The molecule has 0 atom stereocenters. The first-order valence-electron chi connectivity index (χ1n) is 9.51. The summed E-state index contributed by atoms with van der Waals surface area (Å²) in [5, 5.41) is 9.13. The number of hydrazone groups is 1. The number of halogens is 4. The SMILES string of the molecule is C/C(=N\NC(=O)c1csc(-n2nc(C(F)(F)F)cc2-c2ccccc2)n1)c1ccc(F)cc1. The second-order valence-electron chi connectivity index (χ2n) is 6.85. The first-order chi connectivity index (χ1) is 15.7. The molecule has 0 fully saturated rings. The maximum atomic E-state index is 13.3. The summed E-state index contributed by atoms with van der Waals surface area (Å²) in [6.45, 7) is 1.63. The van der Waals surface area contributed by atoms with Crippen LogP contribution in [0.5, 0.6) is 0 Å². The molecule has 0 unspecified atom stereocenters. The maximum Gasteiger partial charge on any atom is 0.435 e. The molecule has 0 saturated carbocycles. The van der Waals surface area contributed by atoms with Gasteiger partial charge >= 0.3 is 6.18 Å². The van der Waals surface area contributed by atoms with Crippen molar-refractivity contribution in [2.45, 2.75) is 13.1 Å². The second kappa shape index (κ2) is 8.94. The van der Waals surface area contributed by atoms with E-state index in [9.17, 15) is 22.4 Å². The summed E-state index contributed by atoms with van der Waals surface area (Å²) in [7, 11) is 0. The van der Waals surface area contributed by atoms with Crippen LogP contribution in [0.4, 0.5) is 17.6 Å². The Kier molecular flexibility index (Phi) is 6.05. The largest absolute Gasteiger partial charge is 0.435 e. The van der Waals surface area contributed by atoms with Gasteiger partial charge in [0.05, 0.1) is 11.4 Å². The fourth-order valence-electron chi connectivity index (χ4n) is 2.89. The fourth-order valence-corrected chi connectivity index (χ4v) is 3.66. The Hall–Kier alpha value is -3.86. The molecule has 0 aliphatic carbocycles. The third-order valence-electron chi connectivity index (χ3n) is 4.56. The minimum Gasteiger partial charge on any atom is -0.266 e. The van der Waals surface area contributed by atoms with E-state index in [1.54, 1.807) is 37.3 Å². The van der Waals surface area contributed by atoms with Crippen molar-refractivity contribution in [3.05, 3.63) is 88.8 Å². The van der Waals surface area contributed by atoms with Crippen LogP contribution in [0.2, 0.25) is 0 Å². The van der Waals surface area contributed by atoms with Crippen LogP contribution in [-0.2, 0) is 6.18 Å². The van der Waals surface area contributed by atoms with Crippen LogP contribution in [0.3, 0.4) is 0 Å². The van der Waals surface area contributed by atoms with E-state index in [0.29, 0.717) is 16.8 Å². The number of aromatic nitrogens is 3. The Morgan fingerprint density at radius 1 is 1.09 bits per heavy atom. The second-order valence-corrected chi connectivity index (χ2v) is 7.69. The molecule has 2 heterocycles. The summed E-state index contributed by atoms with van der Waals surface area (Å²) in [6, 6.07) is 15.0. The third kappa shape index (κ3) is 4.98. The predicted molar refractivity (Wildman–Crippen MR) is 116 cm³/mol. The third-order valence-corrected chi connectivity index (χ3v) is 5.38. The van der Waals surface area contributed by atoms with Crippen molar-refractivity contribution in [3.63, 3.8) is 0 Å². The molecule has 33 heavy (non-hydrogen) atoms. The molecule has 0 spiro atoms. The number of nitrogens with zero attached hydrogens (tertiary/aromatic N) is 4. The molecule has 0 aliphatic rings. The van der Waals surface area contributed by atoms with Crippen LogP contribution in [0.15, 0.2) is 71.1 Å². The Morgan fingerprint density at radius 2 is 1.79 bits per heavy atom. The van der Waals surface area contributed by atoms with E-state index in [-0.39, 0.29) is 16.5 Å². The van der Waals surface area contributed by atoms with Gasteiger partial charge in [-0.15, -0.1) is 11.3 Å². The molecule has 0 aliphatic heterocycles. The van der Waals surface area contributed by atoms with E-state index < -0.39 is 23.6 Å². The zero-order chi connectivity index (χ0) is 23.6. The summed E-state index contributed by atoms with van der Waals surface area (Å²) in [5.74, 6) is -1.05. The number of thiazole rings is 1. The molecular formula is C22H15F4N5OS. The highest BCUT2D eigenvalue weighted by Gasteiger charge is 2.35. The Morgan fingerprint density at radius 3 is 2.45 bits per heavy atom. The van der Waals surface area contributed by atoms with Crippen LogP contribution in [0.25, 0.3) is 16.4 Å². The maximum absolute atomic E-state index is 13.3. The zero-order valence-electron chi connectivity index (χ0n) is 17.0. The first-order valence-corrected chi connectivity index (χ1v) is 10.4. The molecule has 2 aromatic heterocycles. The highest BCUT2D eigenvalue weighted by Crippen LogP contribution is 2.33. The van der Waals surface area contributed by atoms with Crippen molar-refractivity contribution >= 4 is 23.0 Å². The van der Waals surface area contributed by atoms with E-state index in [4.69, 9.17) is 0 Å². The Labute approximate surface area is 189 Å². The smallest absolute Gasteiger partial charge is 0.266 e.